The molecule has 134 valence electrons. The van der Waals surface area contributed by atoms with E-state index in [1.54, 1.807) is 11.4 Å². The minimum atomic E-state index is -3.60. The zero-order valence-corrected chi connectivity index (χ0v) is 14.6. The molecule has 3 rings (SSSR count). The number of nitrogens with one attached hydrogen (secondary N) is 1. The Labute approximate surface area is 147 Å². The van der Waals surface area contributed by atoms with Crippen molar-refractivity contribution < 1.29 is 22.0 Å². The van der Waals surface area contributed by atoms with Gasteiger partial charge < -0.3 is 5.32 Å². The number of amides is 1. The molecule has 1 aliphatic rings. The second kappa shape index (κ2) is 7.14. The Balaban J connectivity index is 1.71. The second-order valence-corrected chi connectivity index (χ2v) is 8.70. The number of halogens is 2. The van der Waals surface area contributed by atoms with Crippen LogP contribution in [0.3, 0.4) is 0 Å². The van der Waals surface area contributed by atoms with Crippen molar-refractivity contribution in [1.29, 1.82) is 0 Å². The van der Waals surface area contributed by atoms with Crippen LogP contribution in [0.1, 0.15) is 23.3 Å². The van der Waals surface area contributed by atoms with Crippen LogP contribution in [0.25, 0.3) is 0 Å². The van der Waals surface area contributed by atoms with E-state index in [9.17, 15) is 22.0 Å². The molecule has 2 aromatic rings. The molecule has 1 saturated heterocycles. The van der Waals surface area contributed by atoms with E-state index in [0.717, 1.165) is 17.5 Å². The normalized spacial score (nSPS) is 18.9. The van der Waals surface area contributed by atoms with Crippen molar-refractivity contribution in [2.75, 3.05) is 13.1 Å². The van der Waals surface area contributed by atoms with Crippen LogP contribution < -0.4 is 5.32 Å². The Morgan fingerprint density at radius 1 is 1.40 bits per heavy atom. The topological polar surface area (TPSA) is 79.4 Å². The summed E-state index contributed by atoms with van der Waals surface area (Å²) in [5, 5.41) is 4.26. The molecular weight excluding hydrogens is 372 g/mol. The lowest BCUT2D eigenvalue weighted by molar-refractivity contribution is 0.0911. The van der Waals surface area contributed by atoms with E-state index in [4.69, 9.17) is 0 Å². The number of hydrogen-bond donors (Lipinski definition) is 1. The lowest BCUT2D eigenvalue weighted by atomic mass is 10.1. The fourth-order valence-electron chi connectivity index (χ4n) is 2.65. The van der Waals surface area contributed by atoms with Gasteiger partial charge in [0.25, 0.3) is 15.9 Å². The Hall–Kier alpha value is -1.91. The fourth-order valence-corrected chi connectivity index (χ4v) is 5.32. The van der Waals surface area contributed by atoms with Gasteiger partial charge in [-0.05, 0) is 24.3 Å². The summed E-state index contributed by atoms with van der Waals surface area (Å²) in [6.45, 7) is 0.449. The molecule has 0 aliphatic carbocycles. The molecule has 0 bridgehead atoms. The smallest absolute Gasteiger partial charge is 0.273 e. The van der Waals surface area contributed by atoms with Crippen LogP contribution in [-0.2, 0) is 10.0 Å². The second-order valence-electron chi connectivity index (χ2n) is 5.59. The summed E-state index contributed by atoms with van der Waals surface area (Å²) in [4.78, 5) is 15.6. The Morgan fingerprint density at radius 2 is 2.20 bits per heavy atom. The maximum Gasteiger partial charge on any atom is 0.273 e. The van der Waals surface area contributed by atoms with Crippen LogP contribution >= 0.6 is 11.3 Å². The van der Waals surface area contributed by atoms with Gasteiger partial charge in [-0.1, -0.05) is 6.07 Å². The molecule has 0 saturated carbocycles. The number of carbonyl (C=O) groups excluding carboxylic acids is 1. The highest BCUT2D eigenvalue weighted by Gasteiger charge is 2.32. The first-order valence-electron chi connectivity index (χ1n) is 7.53. The molecule has 1 fully saturated rings. The molecule has 0 radical (unpaired) electrons. The first-order valence-corrected chi connectivity index (χ1v) is 9.85. The van der Waals surface area contributed by atoms with Crippen molar-refractivity contribution in [2.45, 2.75) is 23.1 Å². The highest BCUT2D eigenvalue weighted by molar-refractivity contribution is 7.91. The summed E-state index contributed by atoms with van der Waals surface area (Å²) in [6, 6.07) is 3.29. The molecule has 1 amide bonds. The number of sulfonamides is 1. The molecule has 0 aromatic carbocycles. The predicted molar refractivity (Wildman–Crippen MR) is 87.7 cm³/mol. The maximum absolute atomic E-state index is 13.6. The Morgan fingerprint density at radius 3 is 2.88 bits per heavy atom. The van der Waals surface area contributed by atoms with Crippen LogP contribution in [0, 0.1) is 11.6 Å². The third-order valence-electron chi connectivity index (χ3n) is 3.83. The molecule has 1 N–H and O–H groups in total. The lowest BCUT2D eigenvalue weighted by Crippen LogP contribution is -2.49. The van der Waals surface area contributed by atoms with Gasteiger partial charge in [0.1, 0.15) is 10.0 Å². The number of nitrogens with zero attached hydrogens (tertiary/aromatic N) is 2. The van der Waals surface area contributed by atoms with E-state index in [-0.39, 0.29) is 10.8 Å². The van der Waals surface area contributed by atoms with E-state index in [1.807, 2.05) is 0 Å². The third-order valence-corrected chi connectivity index (χ3v) is 7.07. The van der Waals surface area contributed by atoms with Gasteiger partial charge >= 0.3 is 0 Å². The number of aromatic nitrogens is 1. The minimum Gasteiger partial charge on any atom is -0.347 e. The van der Waals surface area contributed by atoms with Crippen molar-refractivity contribution in [3.05, 3.63) is 47.1 Å². The quantitative estimate of drug-likeness (QED) is 0.870. The largest absolute Gasteiger partial charge is 0.347 e. The molecule has 0 spiro atoms. The number of carbonyl (C=O) groups is 1. The molecule has 1 atom stereocenters. The summed E-state index contributed by atoms with van der Waals surface area (Å²) in [6.07, 6.45) is 1.88. The number of rotatable bonds is 4. The fraction of sp³-hybridized carbons (Fsp3) is 0.333. The van der Waals surface area contributed by atoms with E-state index < -0.39 is 39.3 Å². The summed E-state index contributed by atoms with van der Waals surface area (Å²) >= 11 is 1.13. The first kappa shape index (κ1) is 17.9. The van der Waals surface area contributed by atoms with Crippen molar-refractivity contribution in [2.24, 2.45) is 0 Å². The molecule has 25 heavy (non-hydrogen) atoms. The monoisotopic (exact) mass is 387 g/mol. The van der Waals surface area contributed by atoms with Gasteiger partial charge in [-0.3, -0.25) is 4.79 Å². The van der Waals surface area contributed by atoms with Gasteiger partial charge in [0.2, 0.25) is 0 Å². The van der Waals surface area contributed by atoms with Gasteiger partial charge in [0, 0.05) is 25.2 Å². The van der Waals surface area contributed by atoms with Gasteiger partial charge in [0.05, 0.1) is 6.20 Å². The van der Waals surface area contributed by atoms with E-state index in [0.29, 0.717) is 25.5 Å². The first-order chi connectivity index (χ1) is 11.9. The zero-order chi connectivity index (χ0) is 18.0. The summed E-state index contributed by atoms with van der Waals surface area (Å²) in [5.41, 5.74) is -0.514. The van der Waals surface area contributed by atoms with Crippen molar-refractivity contribution in [1.82, 2.24) is 14.6 Å². The molecule has 0 unspecified atom stereocenters. The highest BCUT2D eigenvalue weighted by Crippen LogP contribution is 2.24. The van der Waals surface area contributed by atoms with Gasteiger partial charge in [-0.25, -0.2) is 22.2 Å². The molecule has 1 aliphatic heterocycles. The molecule has 3 heterocycles. The zero-order valence-electron chi connectivity index (χ0n) is 13.0. The highest BCUT2D eigenvalue weighted by atomic mass is 32.2. The van der Waals surface area contributed by atoms with Crippen LogP contribution in [0.2, 0.25) is 0 Å². The van der Waals surface area contributed by atoms with Gasteiger partial charge in [0.15, 0.2) is 11.5 Å². The third kappa shape index (κ3) is 3.86. The Kier molecular flexibility index (Phi) is 5.11. The van der Waals surface area contributed by atoms with E-state index >= 15 is 0 Å². The van der Waals surface area contributed by atoms with Crippen LogP contribution in [0.5, 0.6) is 0 Å². The molecule has 2 aromatic heterocycles. The van der Waals surface area contributed by atoms with Crippen LogP contribution in [-0.4, -0.2) is 42.7 Å². The summed E-state index contributed by atoms with van der Waals surface area (Å²) in [5.74, 6) is -2.73. The number of pyridine rings is 1. The number of piperidine rings is 1. The van der Waals surface area contributed by atoms with Crippen molar-refractivity contribution >= 4 is 27.3 Å². The standard InChI is InChI=1S/C15H15F2N3O3S2/c16-10-7-12(17)14(18-8-10)15(21)19-11-3-1-5-20(9-11)25(22,23)13-4-2-6-24-13/h2,4,6-8,11H,1,3,5,9H2,(H,19,21)/t11-/m1/s1. The van der Waals surface area contributed by atoms with Crippen molar-refractivity contribution in [3.63, 3.8) is 0 Å². The van der Waals surface area contributed by atoms with Gasteiger partial charge in [-0.2, -0.15) is 4.31 Å². The molecular formula is C15H15F2N3O3S2. The van der Waals surface area contributed by atoms with E-state index in [2.05, 4.69) is 10.3 Å². The average Bonchev–Trinajstić information content (AvgIpc) is 3.10. The Bertz CT molecular complexity index is 872. The summed E-state index contributed by atoms with van der Waals surface area (Å²) in [7, 11) is -3.60. The van der Waals surface area contributed by atoms with Crippen LogP contribution in [0.4, 0.5) is 8.78 Å². The lowest BCUT2D eigenvalue weighted by Gasteiger charge is -2.31. The summed E-state index contributed by atoms with van der Waals surface area (Å²) < 4.78 is 53.2. The average molecular weight is 387 g/mol. The van der Waals surface area contributed by atoms with Gasteiger partial charge in [-0.15, -0.1) is 11.3 Å². The minimum absolute atomic E-state index is 0.0921. The molecule has 10 heteroatoms. The number of hydrogen-bond acceptors (Lipinski definition) is 5. The number of thiophene rings is 1. The van der Waals surface area contributed by atoms with Crippen molar-refractivity contribution in [3.8, 4) is 0 Å². The SMILES string of the molecule is O=C(N[C@@H]1CCCN(S(=O)(=O)c2cccs2)C1)c1ncc(F)cc1F. The van der Waals surface area contributed by atoms with Crippen LogP contribution in [0.15, 0.2) is 34.0 Å². The predicted octanol–water partition coefficient (Wildman–Crippen LogP) is 2.00. The van der Waals surface area contributed by atoms with E-state index in [1.165, 1.54) is 10.4 Å². The molecule has 6 nitrogen and oxygen atoms in total. The maximum atomic E-state index is 13.6.